The van der Waals surface area contributed by atoms with E-state index in [4.69, 9.17) is 9.36 Å². The maximum absolute atomic E-state index is 13.4. The van der Waals surface area contributed by atoms with Crippen molar-refractivity contribution in [2.45, 2.75) is 84.0 Å². The lowest BCUT2D eigenvalue weighted by atomic mass is 9.92. The molecule has 1 fully saturated rings. The van der Waals surface area contributed by atoms with Gasteiger partial charge in [-0.15, -0.1) is 5.06 Å². The van der Waals surface area contributed by atoms with Crippen molar-refractivity contribution in [3.05, 3.63) is 29.7 Å². The summed E-state index contributed by atoms with van der Waals surface area (Å²) in [5.41, 5.74) is 1.37. The van der Waals surface area contributed by atoms with Crippen LogP contribution in [-0.2, 0) is 9.63 Å². The molecule has 0 aliphatic carbocycles. The lowest BCUT2D eigenvalue weighted by molar-refractivity contribution is -0.200. The summed E-state index contributed by atoms with van der Waals surface area (Å²) in [5, 5.41) is 6.85. The van der Waals surface area contributed by atoms with E-state index in [9.17, 15) is 9.18 Å². The number of unbranched alkanes of at least 4 members (excludes halogenated alkanes) is 5. The van der Waals surface area contributed by atoms with Gasteiger partial charge in [0.05, 0.1) is 11.6 Å². The number of aromatic nitrogens is 1. The van der Waals surface area contributed by atoms with Gasteiger partial charge in [-0.1, -0.05) is 57.5 Å². The summed E-state index contributed by atoms with van der Waals surface area (Å²) in [6.07, 6.45) is 10.8. The Labute approximate surface area is 178 Å². The number of nitrogens with zero attached hydrogens (tertiary/aromatic N) is 2. The molecule has 1 atom stereocenters. The zero-order valence-electron chi connectivity index (χ0n) is 18.4. The predicted octanol–water partition coefficient (Wildman–Crippen LogP) is 6.38. The molecule has 0 N–H and O–H groups in total. The maximum Gasteiger partial charge on any atom is 0.328 e. The second kappa shape index (κ2) is 11.4. The van der Waals surface area contributed by atoms with Gasteiger partial charge in [-0.2, -0.15) is 0 Å². The first kappa shape index (κ1) is 22.7. The van der Waals surface area contributed by atoms with Gasteiger partial charge >= 0.3 is 5.97 Å². The summed E-state index contributed by atoms with van der Waals surface area (Å²) in [5.74, 6) is -0.190. The first-order valence-electron chi connectivity index (χ1n) is 11.6. The number of hydrogen-bond donors (Lipinski definition) is 0. The number of hydrogen-bond acceptors (Lipinski definition) is 5. The number of halogens is 1. The number of hydroxylamine groups is 2. The van der Waals surface area contributed by atoms with E-state index in [1.165, 1.54) is 44.2 Å². The van der Waals surface area contributed by atoms with Gasteiger partial charge in [-0.05, 0) is 37.8 Å². The minimum Gasteiger partial charge on any atom is -0.368 e. The number of fused-ring (bicyclic) bond motifs is 1. The van der Waals surface area contributed by atoms with Crippen LogP contribution in [0.4, 0.5) is 4.39 Å². The molecule has 1 aromatic carbocycles. The molecule has 1 aliphatic heterocycles. The predicted molar refractivity (Wildman–Crippen MR) is 115 cm³/mol. The Morgan fingerprint density at radius 3 is 2.67 bits per heavy atom. The van der Waals surface area contributed by atoms with Gasteiger partial charge in [0.15, 0.2) is 5.58 Å². The molecule has 0 bridgehead atoms. The standard InChI is InChI=1S/C24H35FN2O3/c1-3-5-6-7-8-9-10-18(4-2)24(28)30-27-15-13-19(14-16-27)23-21-12-11-20(25)17-22(21)29-26-23/h11-12,17-19H,3-10,13-16H2,1-2H3. The second-order valence-corrected chi connectivity index (χ2v) is 8.48. The van der Waals surface area contributed by atoms with Crippen LogP contribution in [0.3, 0.4) is 0 Å². The van der Waals surface area contributed by atoms with Gasteiger partial charge in [-0.3, -0.25) is 4.79 Å². The number of carbonyl (C=O) groups is 1. The highest BCUT2D eigenvalue weighted by Gasteiger charge is 2.28. The first-order valence-corrected chi connectivity index (χ1v) is 11.6. The van der Waals surface area contributed by atoms with Crippen molar-refractivity contribution in [2.75, 3.05) is 13.1 Å². The number of benzene rings is 1. The van der Waals surface area contributed by atoms with Crippen molar-refractivity contribution in [1.82, 2.24) is 10.2 Å². The largest absolute Gasteiger partial charge is 0.368 e. The highest BCUT2D eigenvalue weighted by atomic mass is 19.1. The highest BCUT2D eigenvalue weighted by Crippen LogP contribution is 2.33. The maximum atomic E-state index is 13.4. The van der Waals surface area contributed by atoms with Crippen LogP contribution in [0, 0.1) is 11.7 Å². The van der Waals surface area contributed by atoms with Crippen molar-refractivity contribution in [1.29, 1.82) is 0 Å². The Morgan fingerprint density at radius 2 is 1.93 bits per heavy atom. The molecule has 1 aliphatic rings. The molecule has 1 aromatic heterocycles. The van der Waals surface area contributed by atoms with Crippen molar-refractivity contribution in [3.63, 3.8) is 0 Å². The molecule has 3 rings (SSSR count). The van der Waals surface area contributed by atoms with Crippen LogP contribution in [0.25, 0.3) is 11.0 Å². The zero-order valence-corrected chi connectivity index (χ0v) is 18.4. The lowest BCUT2D eigenvalue weighted by Crippen LogP contribution is -2.36. The van der Waals surface area contributed by atoms with Crippen molar-refractivity contribution in [3.8, 4) is 0 Å². The van der Waals surface area contributed by atoms with Crippen LogP contribution < -0.4 is 0 Å². The molecule has 30 heavy (non-hydrogen) atoms. The summed E-state index contributed by atoms with van der Waals surface area (Å²) >= 11 is 0. The fraction of sp³-hybridized carbons (Fsp3) is 0.667. The van der Waals surface area contributed by atoms with Gasteiger partial charge in [0.2, 0.25) is 0 Å². The smallest absolute Gasteiger partial charge is 0.328 e. The van der Waals surface area contributed by atoms with Crippen molar-refractivity contribution >= 4 is 16.9 Å². The van der Waals surface area contributed by atoms with E-state index in [-0.39, 0.29) is 23.6 Å². The molecule has 0 radical (unpaired) electrons. The third-order valence-corrected chi connectivity index (χ3v) is 6.25. The lowest BCUT2D eigenvalue weighted by Gasteiger charge is -2.30. The van der Waals surface area contributed by atoms with E-state index in [0.717, 1.165) is 43.2 Å². The normalized spacial score (nSPS) is 16.8. The molecule has 0 amide bonds. The first-order chi connectivity index (χ1) is 14.6. The Bertz CT molecular complexity index is 799. The second-order valence-electron chi connectivity index (χ2n) is 8.48. The topological polar surface area (TPSA) is 55.6 Å². The quantitative estimate of drug-likeness (QED) is 0.396. The van der Waals surface area contributed by atoms with E-state index in [1.807, 2.05) is 0 Å². The fourth-order valence-electron chi connectivity index (χ4n) is 4.31. The van der Waals surface area contributed by atoms with Gasteiger partial charge in [0.1, 0.15) is 5.82 Å². The van der Waals surface area contributed by atoms with Crippen molar-refractivity contribution in [2.24, 2.45) is 5.92 Å². The molecule has 1 saturated heterocycles. The van der Waals surface area contributed by atoms with Crippen LogP contribution in [0.5, 0.6) is 0 Å². The van der Waals surface area contributed by atoms with Crippen LogP contribution in [-0.4, -0.2) is 29.3 Å². The van der Waals surface area contributed by atoms with Gasteiger partial charge < -0.3 is 9.36 Å². The average molecular weight is 419 g/mol. The molecule has 5 nitrogen and oxygen atoms in total. The summed E-state index contributed by atoms with van der Waals surface area (Å²) < 4.78 is 18.7. The summed E-state index contributed by atoms with van der Waals surface area (Å²) in [4.78, 5) is 18.3. The minimum atomic E-state index is -0.321. The van der Waals surface area contributed by atoms with Crippen molar-refractivity contribution < 1.29 is 18.5 Å². The highest BCUT2D eigenvalue weighted by molar-refractivity contribution is 5.79. The monoisotopic (exact) mass is 418 g/mol. The summed E-state index contributed by atoms with van der Waals surface area (Å²) in [6, 6.07) is 4.54. The Kier molecular flexibility index (Phi) is 8.67. The molecular formula is C24H35FN2O3. The SMILES string of the molecule is CCCCCCCCC(CC)C(=O)ON1CCC(c2noc3cc(F)ccc23)CC1. The number of rotatable bonds is 11. The van der Waals surface area contributed by atoms with E-state index in [2.05, 4.69) is 19.0 Å². The van der Waals surface area contributed by atoms with Crippen LogP contribution >= 0.6 is 0 Å². The molecule has 0 saturated carbocycles. The summed E-state index contributed by atoms with van der Waals surface area (Å²) in [7, 11) is 0. The zero-order chi connectivity index (χ0) is 21.3. The Morgan fingerprint density at radius 1 is 1.20 bits per heavy atom. The van der Waals surface area contributed by atoms with E-state index in [0.29, 0.717) is 18.7 Å². The summed E-state index contributed by atoms with van der Waals surface area (Å²) in [6.45, 7) is 5.65. The van der Waals surface area contributed by atoms with E-state index >= 15 is 0 Å². The molecule has 0 spiro atoms. The van der Waals surface area contributed by atoms with Crippen LogP contribution in [0.1, 0.15) is 89.7 Å². The van der Waals surface area contributed by atoms with Gasteiger partial charge in [-0.25, -0.2) is 4.39 Å². The molecule has 166 valence electrons. The average Bonchev–Trinajstić information content (AvgIpc) is 3.16. The Balaban J connectivity index is 1.43. The molecule has 2 heterocycles. The molecule has 1 unspecified atom stereocenters. The third kappa shape index (κ3) is 6.03. The fourth-order valence-corrected chi connectivity index (χ4v) is 4.31. The Hall–Kier alpha value is -1.95. The van der Waals surface area contributed by atoms with Gasteiger partial charge in [0.25, 0.3) is 0 Å². The number of carbonyl (C=O) groups excluding carboxylic acids is 1. The molecule has 6 heteroatoms. The van der Waals surface area contributed by atoms with Crippen LogP contribution in [0.15, 0.2) is 22.7 Å². The van der Waals surface area contributed by atoms with E-state index in [1.54, 1.807) is 11.1 Å². The molecule has 2 aromatic rings. The van der Waals surface area contributed by atoms with E-state index < -0.39 is 0 Å². The van der Waals surface area contributed by atoms with Gasteiger partial charge in [0, 0.05) is 30.5 Å². The third-order valence-electron chi connectivity index (χ3n) is 6.25. The number of piperidine rings is 1. The molecular weight excluding hydrogens is 383 g/mol. The van der Waals surface area contributed by atoms with Crippen LogP contribution in [0.2, 0.25) is 0 Å². The minimum absolute atomic E-state index is 0.0109.